The Morgan fingerprint density at radius 2 is 2.25 bits per heavy atom. The van der Waals surface area contributed by atoms with Crippen molar-refractivity contribution in [2.75, 3.05) is 13.1 Å². The second-order valence-corrected chi connectivity index (χ2v) is 2.82. The molecule has 1 aromatic heterocycles. The molecule has 2 heteroatoms. The fourth-order valence-electron chi connectivity index (χ4n) is 1.35. The topological polar surface area (TPSA) is 27.0 Å². The van der Waals surface area contributed by atoms with Gasteiger partial charge in [-0.2, -0.15) is 0 Å². The van der Waals surface area contributed by atoms with Gasteiger partial charge in [0.1, 0.15) is 0 Å². The van der Waals surface area contributed by atoms with Crippen molar-refractivity contribution in [1.29, 1.82) is 0 Å². The Hall–Kier alpha value is -1.15. The van der Waals surface area contributed by atoms with Crippen LogP contribution in [0.1, 0.15) is 12.1 Å². The lowest BCUT2D eigenvalue weighted by Gasteiger charge is -2.11. The van der Waals surface area contributed by atoms with E-state index in [9.17, 15) is 0 Å². The first-order valence-corrected chi connectivity index (χ1v) is 4.20. The van der Waals surface area contributed by atoms with Gasteiger partial charge in [-0.3, -0.25) is 4.98 Å². The van der Waals surface area contributed by atoms with Gasteiger partial charge in [0.2, 0.25) is 0 Å². The molecule has 0 N–H and O–H groups in total. The van der Waals surface area contributed by atoms with Gasteiger partial charge in [-0.1, -0.05) is 12.1 Å². The fraction of sp³-hybridized carbons (Fsp3) is 0.300. The number of pyridine rings is 1. The van der Waals surface area contributed by atoms with Crippen LogP contribution in [-0.2, 0) is 0 Å². The molecule has 61 valence electrons. The third-order valence-corrected chi connectivity index (χ3v) is 2.00. The minimum atomic E-state index is 0.853. The van der Waals surface area contributed by atoms with Gasteiger partial charge in [-0.15, -0.1) is 0 Å². The molecule has 1 aromatic rings. The van der Waals surface area contributed by atoms with Gasteiger partial charge in [0.25, 0.3) is 0 Å². The van der Waals surface area contributed by atoms with Gasteiger partial charge in [0.15, 0.2) is 0 Å². The van der Waals surface area contributed by atoms with E-state index in [1.165, 1.54) is 5.57 Å². The van der Waals surface area contributed by atoms with Gasteiger partial charge in [-0.25, -0.2) is 5.32 Å². The fourth-order valence-corrected chi connectivity index (χ4v) is 1.35. The molecule has 12 heavy (non-hydrogen) atoms. The van der Waals surface area contributed by atoms with E-state index < -0.39 is 0 Å². The molecule has 0 fully saturated rings. The van der Waals surface area contributed by atoms with E-state index in [-0.39, 0.29) is 0 Å². The summed E-state index contributed by atoms with van der Waals surface area (Å²) in [6.07, 6.45) is 5.03. The van der Waals surface area contributed by atoms with Crippen molar-refractivity contribution in [2.45, 2.75) is 6.42 Å². The normalized spacial score (nSPS) is 17.2. The van der Waals surface area contributed by atoms with E-state index >= 15 is 0 Å². The average Bonchev–Trinajstić information content (AvgIpc) is 2.21. The van der Waals surface area contributed by atoms with Crippen LogP contribution in [0.5, 0.6) is 0 Å². The highest BCUT2D eigenvalue weighted by Crippen LogP contribution is 2.16. The van der Waals surface area contributed by atoms with Crippen molar-refractivity contribution < 1.29 is 0 Å². The maximum Gasteiger partial charge on any atom is 0.0659 e. The van der Waals surface area contributed by atoms with Crippen molar-refractivity contribution in [3.8, 4) is 0 Å². The lowest BCUT2D eigenvalue weighted by atomic mass is 10.1. The van der Waals surface area contributed by atoms with E-state index in [4.69, 9.17) is 0 Å². The second-order valence-electron chi connectivity index (χ2n) is 2.82. The van der Waals surface area contributed by atoms with E-state index in [1.54, 1.807) is 0 Å². The Kier molecular flexibility index (Phi) is 2.19. The van der Waals surface area contributed by atoms with Crippen molar-refractivity contribution in [3.63, 3.8) is 0 Å². The first-order valence-electron chi connectivity index (χ1n) is 4.20. The summed E-state index contributed by atoms with van der Waals surface area (Å²) >= 11 is 0. The maximum absolute atomic E-state index is 4.29. The van der Waals surface area contributed by atoms with E-state index in [0.29, 0.717) is 0 Å². The number of hydrogen-bond acceptors (Lipinski definition) is 1. The molecule has 0 bridgehead atoms. The standard InChI is InChI=1S/C10H11N2/c1-2-6-12-10(3-1)9-4-7-11-8-5-9/h1-4,6H,5,7-8H2. The van der Waals surface area contributed by atoms with Crippen molar-refractivity contribution >= 4 is 5.57 Å². The molecule has 1 aliphatic rings. The summed E-state index contributed by atoms with van der Waals surface area (Å²) in [5.74, 6) is 0. The zero-order chi connectivity index (χ0) is 8.23. The lowest BCUT2D eigenvalue weighted by Crippen LogP contribution is -2.13. The largest absolute Gasteiger partial charge is 0.257 e. The van der Waals surface area contributed by atoms with Gasteiger partial charge in [-0.05, 0) is 24.1 Å². The van der Waals surface area contributed by atoms with Gasteiger partial charge in [0.05, 0.1) is 5.69 Å². The minimum Gasteiger partial charge on any atom is -0.257 e. The zero-order valence-electron chi connectivity index (χ0n) is 6.90. The first kappa shape index (κ1) is 7.50. The molecule has 1 radical (unpaired) electrons. The Bertz CT molecular complexity index is 277. The van der Waals surface area contributed by atoms with Crippen LogP contribution in [0, 0.1) is 0 Å². The smallest absolute Gasteiger partial charge is 0.0659 e. The van der Waals surface area contributed by atoms with Crippen LogP contribution in [0.2, 0.25) is 0 Å². The van der Waals surface area contributed by atoms with Gasteiger partial charge in [0, 0.05) is 19.3 Å². The summed E-state index contributed by atoms with van der Waals surface area (Å²) < 4.78 is 0. The van der Waals surface area contributed by atoms with Crippen LogP contribution in [0.3, 0.4) is 0 Å². The molecule has 2 heterocycles. The molecule has 0 saturated carbocycles. The predicted molar refractivity (Wildman–Crippen MR) is 48.7 cm³/mol. The summed E-state index contributed by atoms with van der Waals surface area (Å²) in [4.78, 5) is 4.29. The second kappa shape index (κ2) is 3.50. The average molecular weight is 159 g/mol. The van der Waals surface area contributed by atoms with Crippen LogP contribution >= 0.6 is 0 Å². The van der Waals surface area contributed by atoms with Gasteiger partial charge >= 0.3 is 0 Å². The molecule has 0 aliphatic carbocycles. The van der Waals surface area contributed by atoms with E-state index in [1.807, 2.05) is 18.3 Å². The quantitative estimate of drug-likeness (QED) is 0.609. The first-order chi connectivity index (χ1) is 5.97. The molecular formula is C10H11N2. The van der Waals surface area contributed by atoms with Crippen molar-refractivity contribution in [2.24, 2.45) is 0 Å². The molecule has 0 spiro atoms. The van der Waals surface area contributed by atoms with Crippen LogP contribution < -0.4 is 5.32 Å². The highest BCUT2D eigenvalue weighted by molar-refractivity contribution is 5.63. The summed E-state index contributed by atoms with van der Waals surface area (Å²) in [5, 5.41) is 4.25. The zero-order valence-corrected chi connectivity index (χ0v) is 6.90. The lowest BCUT2D eigenvalue weighted by molar-refractivity contribution is 0.721. The predicted octanol–water partition coefficient (Wildman–Crippen LogP) is 1.47. The Labute approximate surface area is 72.3 Å². The summed E-state index contributed by atoms with van der Waals surface area (Å²) in [6.45, 7) is 1.80. The highest BCUT2D eigenvalue weighted by Gasteiger charge is 2.05. The Morgan fingerprint density at radius 3 is 2.92 bits per heavy atom. The molecule has 0 unspecified atom stereocenters. The van der Waals surface area contributed by atoms with Crippen LogP contribution in [-0.4, -0.2) is 18.1 Å². The Balaban J connectivity index is 2.24. The molecule has 2 nitrogen and oxygen atoms in total. The molecule has 0 aromatic carbocycles. The van der Waals surface area contributed by atoms with Crippen LogP contribution in [0.15, 0.2) is 30.5 Å². The molecule has 0 amide bonds. The van der Waals surface area contributed by atoms with E-state index in [2.05, 4.69) is 22.4 Å². The highest BCUT2D eigenvalue weighted by atomic mass is 14.9. The number of rotatable bonds is 1. The Morgan fingerprint density at radius 1 is 1.25 bits per heavy atom. The third-order valence-electron chi connectivity index (χ3n) is 2.00. The van der Waals surface area contributed by atoms with Gasteiger partial charge < -0.3 is 0 Å². The van der Waals surface area contributed by atoms with Crippen molar-refractivity contribution in [3.05, 3.63) is 36.2 Å². The van der Waals surface area contributed by atoms with Crippen LogP contribution in [0.4, 0.5) is 0 Å². The number of nitrogens with zero attached hydrogens (tertiary/aromatic N) is 2. The summed E-state index contributed by atoms with van der Waals surface area (Å²) in [6, 6.07) is 6.02. The summed E-state index contributed by atoms with van der Waals surface area (Å²) in [7, 11) is 0. The monoisotopic (exact) mass is 159 g/mol. The maximum atomic E-state index is 4.29. The van der Waals surface area contributed by atoms with Crippen molar-refractivity contribution in [1.82, 2.24) is 10.3 Å². The number of aromatic nitrogens is 1. The van der Waals surface area contributed by atoms with E-state index in [0.717, 1.165) is 25.2 Å². The molecule has 2 rings (SSSR count). The number of hydrogen-bond donors (Lipinski definition) is 0. The summed E-state index contributed by atoms with van der Waals surface area (Å²) in [5.41, 5.74) is 2.44. The molecule has 1 aliphatic heterocycles. The minimum absolute atomic E-state index is 0.853. The third kappa shape index (κ3) is 1.53. The van der Waals surface area contributed by atoms with Crippen LogP contribution in [0.25, 0.3) is 5.57 Å². The molecular weight excluding hydrogens is 148 g/mol. The SMILES string of the molecule is C1=C(c2ccccn2)CC[N]C1. The molecule has 0 atom stereocenters. The molecule has 0 saturated heterocycles.